The second kappa shape index (κ2) is 4.29. The summed E-state index contributed by atoms with van der Waals surface area (Å²) in [5, 5.41) is 7.36. The monoisotopic (exact) mass is 288 g/mol. The van der Waals surface area contributed by atoms with Crippen molar-refractivity contribution in [1.82, 2.24) is 9.59 Å². The molecule has 0 spiro atoms. The summed E-state index contributed by atoms with van der Waals surface area (Å²) in [6, 6.07) is 1.94. The maximum absolute atomic E-state index is 11.6. The molecule has 2 aromatic heterocycles. The maximum Gasteiger partial charge on any atom is 0.189 e. The predicted octanol–water partition coefficient (Wildman–Crippen LogP) is 2.79. The average Bonchev–Trinajstić information content (AvgIpc) is 2.77. The summed E-state index contributed by atoms with van der Waals surface area (Å²) >= 11 is 6.14. The minimum Gasteiger partial charge on any atom is -0.292 e. The van der Waals surface area contributed by atoms with Crippen molar-refractivity contribution in [2.75, 3.05) is 0 Å². The van der Waals surface area contributed by atoms with E-state index in [-0.39, 0.29) is 5.78 Å². The van der Waals surface area contributed by atoms with Crippen molar-refractivity contribution in [2.24, 2.45) is 0 Å². The first kappa shape index (κ1) is 9.95. The molecule has 0 N–H and O–H groups in total. The molecule has 0 aliphatic carbocycles. The number of hydrogen-bond acceptors (Lipinski definition) is 5. The topological polar surface area (TPSA) is 42.9 Å². The number of rotatable bonds is 3. The Morgan fingerprint density at radius 2 is 2.43 bits per heavy atom. The molecule has 0 bridgehead atoms. The zero-order chi connectivity index (χ0) is 9.97. The number of hydrogen-bond donors (Lipinski definition) is 0. The van der Waals surface area contributed by atoms with E-state index in [1.807, 2.05) is 11.4 Å². The molecule has 2 heterocycles. The maximum atomic E-state index is 11.6. The molecular weight excluding hydrogens is 284 g/mol. The number of Topliss-reactive ketones (excluding diaryl/α,β-unsaturated/α-hetero) is 1. The molecule has 0 fully saturated rings. The molecule has 2 aromatic rings. The van der Waals surface area contributed by atoms with Gasteiger partial charge in [-0.25, -0.2) is 0 Å². The van der Waals surface area contributed by atoms with Crippen molar-refractivity contribution in [2.45, 2.75) is 6.42 Å². The fourth-order valence-electron chi connectivity index (χ4n) is 0.974. The van der Waals surface area contributed by atoms with Crippen molar-refractivity contribution in [1.29, 1.82) is 0 Å². The van der Waals surface area contributed by atoms with Crippen LogP contribution >= 0.6 is 38.8 Å². The Kier molecular flexibility index (Phi) is 3.05. The van der Waals surface area contributed by atoms with Crippen LogP contribution in [0.4, 0.5) is 0 Å². The molecule has 0 atom stereocenters. The van der Waals surface area contributed by atoms with Crippen LogP contribution in [0.3, 0.4) is 0 Å². The van der Waals surface area contributed by atoms with Gasteiger partial charge < -0.3 is 0 Å². The lowest BCUT2D eigenvalue weighted by Gasteiger charge is -1.94. The molecule has 2 rings (SSSR count). The van der Waals surface area contributed by atoms with Crippen molar-refractivity contribution < 1.29 is 4.79 Å². The van der Waals surface area contributed by atoms with Gasteiger partial charge in [0.15, 0.2) is 5.78 Å². The number of halogens is 1. The van der Waals surface area contributed by atoms with Crippen LogP contribution in [0.15, 0.2) is 21.3 Å². The summed E-state index contributed by atoms with van der Waals surface area (Å²) in [7, 11) is 0. The molecule has 0 saturated carbocycles. The second-order valence-corrected chi connectivity index (χ2v) is 5.05. The van der Waals surface area contributed by atoms with E-state index in [9.17, 15) is 4.79 Å². The number of ketones is 1. The van der Waals surface area contributed by atoms with Crippen molar-refractivity contribution >= 4 is 44.6 Å². The van der Waals surface area contributed by atoms with Gasteiger partial charge in [-0.3, -0.25) is 4.79 Å². The lowest BCUT2D eigenvalue weighted by atomic mass is 10.2. The van der Waals surface area contributed by atoms with Gasteiger partial charge in [-0.1, -0.05) is 4.49 Å². The van der Waals surface area contributed by atoms with Gasteiger partial charge in [-0.2, -0.15) is 0 Å². The molecule has 3 nitrogen and oxygen atoms in total. The highest BCUT2D eigenvalue weighted by atomic mass is 79.9. The fraction of sp³-hybridized carbons (Fsp3) is 0.125. The van der Waals surface area contributed by atoms with Crippen LogP contribution in [0.2, 0.25) is 0 Å². The first-order valence-electron chi connectivity index (χ1n) is 3.79. The minimum atomic E-state index is 0.0156. The van der Waals surface area contributed by atoms with E-state index in [1.165, 1.54) is 11.5 Å². The zero-order valence-electron chi connectivity index (χ0n) is 6.94. The quantitative estimate of drug-likeness (QED) is 0.816. The molecule has 0 unspecified atom stereocenters. The van der Waals surface area contributed by atoms with Gasteiger partial charge in [0.1, 0.15) is 5.69 Å². The van der Waals surface area contributed by atoms with Gasteiger partial charge in [-0.15, -0.1) is 16.4 Å². The summed E-state index contributed by atoms with van der Waals surface area (Å²) in [6.45, 7) is 0. The van der Waals surface area contributed by atoms with Gasteiger partial charge in [0.2, 0.25) is 0 Å². The molecule has 0 aliphatic heterocycles. The molecule has 0 aliphatic rings. The molecule has 6 heteroatoms. The normalized spacial score (nSPS) is 10.4. The Hall–Kier alpha value is -0.590. The minimum absolute atomic E-state index is 0.0156. The summed E-state index contributed by atoms with van der Waals surface area (Å²) in [5.41, 5.74) is 0.454. The third-order valence-electron chi connectivity index (χ3n) is 1.66. The first-order valence-corrected chi connectivity index (χ1v) is 6.30. The Labute approximate surface area is 97.1 Å². The van der Waals surface area contributed by atoms with Crippen molar-refractivity contribution in [3.63, 3.8) is 0 Å². The summed E-state index contributed by atoms with van der Waals surface area (Å²) in [4.78, 5) is 12.6. The number of carbonyl (C=O) groups is 1. The molecule has 0 radical (unpaired) electrons. The highest BCUT2D eigenvalue weighted by Gasteiger charge is 2.12. The lowest BCUT2D eigenvalue weighted by molar-refractivity contribution is 0.0989. The zero-order valence-corrected chi connectivity index (χ0v) is 10.2. The summed E-state index contributed by atoms with van der Waals surface area (Å²) < 4.78 is 4.64. The van der Waals surface area contributed by atoms with Gasteiger partial charge in [-0.05, 0) is 38.9 Å². The van der Waals surface area contributed by atoms with E-state index in [0.29, 0.717) is 12.1 Å². The fourth-order valence-corrected chi connectivity index (χ4v) is 2.93. The van der Waals surface area contributed by atoms with Crippen LogP contribution in [-0.2, 0) is 6.42 Å². The van der Waals surface area contributed by atoms with Gasteiger partial charge >= 0.3 is 0 Å². The van der Waals surface area contributed by atoms with Crippen molar-refractivity contribution in [3.8, 4) is 0 Å². The smallest absolute Gasteiger partial charge is 0.189 e. The van der Waals surface area contributed by atoms with E-state index in [1.54, 1.807) is 16.7 Å². The van der Waals surface area contributed by atoms with E-state index in [0.717, 1.165) is 9.35 Å². The Bertz CT molecular complexity index is 438. The molecular formula is C8H5BrN2OS2. The Balaban J connectivity index is 2.13. The molecule has 0 aromatic carbocycles. The van der Waals surface area contributed by atoms with Gasteiger partial charge in [0.25, 0.3) is 0 Å². The Morgan fingerprint density at radius 3 is 3.00 bits per heavy atom. The van der Waals surface area contributed by atoms with E-state index >= 15 is 0 Å². The number of carbonyl (C=O) groups excluding carboxylic acids is 1. The molecule has 0 amide bonds. The highest BCUT2D eigenvalue weighted by molar-refractivity contribution is 9.10. The van der Waals surface area contributed by atoms with E-state index < -0.39 is 0 Å². The Morgan fingerprint density at radius 1 is 1.57 bits per heavy atom. The standard InChI is InChI=1S/C8H5BrN2OS2/c9-5-1-2-13-8(5)3-7(12)6-4-14-11-10-6/h1-2,4H,3H2. The predicted molar refractivity (Wildman–Crippen MR) is 60.0 cm³/mol. The van der Waals surface area contributed by atoms with Crippen LogP contribution in [0.1, 0.15) is 15.4 Å². The third kappa shape index (κ3) is 2.08. The van der Waals surface area contributed by atoms with Crippen LogP contribution < -0.4 is 0 Å². The SMILES string of the molecule is O=C(Cc1sccc1Br)c1csnn1. The van der Waals surface area contributed by atoms with E-state index in [4.69, 9.17) is 0 Å². The molecule has 0 saturated heterocycles. The van der Waals surface area contributed by atoms with Crippen LogP contribution in [0.5, 0.6) is 0 Å². The summed E-state index contributed by atoms with van der Waals surface area (Å²) in [5.74, 6) is 0.0156. The van der Waals surface area contributed by atoms with Gasteiger partial charge in [0, 0.05) is 21.2 Å². The first-order chi connectivity index (χ1) is 6.77. The number of nitrogens with zero attached hydrogens (tertiary/aromatic N) is 2. The van der Waals surface area contributed by atoms with E-state index in [2.05, 4.69) is 25.5 Å². The number of thiophene rings is 1. The average molecular weight is 289 g/mol. The third-order valence-corrected chi connectivity index (χ3v) is 4.09. The summed E-state index contributed by atoms with van der Waals surface area (Å²) in [6.07, 6.45) is 0.393. The molecule has 72 valence electrons. The van der Waals surface area contributed by atoms with Gasteiger partial charge in [0.05, 0.1) is 0 Å². The van der Waals surface area contributed by atoms with Crippen LogP contribution in [0, 0.1) is 0 Å². The lowest BCUT2D eigenvalue weighted by Crippen LogP contribution is -2.02. The highest BCUT2D eigenvalue weighted by Crippen LogP contribution is 2.23. The largest absolute Gasteiger partial charge is 0.292 e. The van der Waals surface area contributed by atoms with Crippen LogP contribution in [-0.4, -0.2) is 15.4 Å². The van der Waals surface area contributed by atoms with Crippen molar-refractivity contribution in [3.05, 3.63) is 31.9 Å². The second-order valence-electron chi connectivity index (χ2n) is 2.58. The number of aromatic nitrogens is 2. The van der Waals surface area contributed by atoms with Crippen LogP contribution in [0.25, 0.3) is 0 Å². The molecule has 14 heavy (non-hydrogen) atoms.